The van der Waals surface area contributed by atoms with Crippen molar-refractivity contribution in [1.82, 2.24) is 20.2 Å². The zero-order valence-corrected chi connectivity index (χ0v) is 15.9. The number of nitrogens with one attached hydrogen (secondary N) is 2. The molecule has 2 N–H and O–H groups in total. The molecule has 0 aliphatic heterocycles. The molecule has 4 aromatic rings. The van der Waals surface area contributed by atoms with Crippen LogP contribution in [0, 0.1) is 0 Å². The van der Waals surface area contributed by atoms with E-state index in [4.69, 9.17) is 0 Å². The van der Waals surface area contributed by atoms with E-state index in [1.807, 2.05) is 55.5 Å². The fourth-order valence-corrected chi connectivity index (χ4v) is 3.55. The Balaban J connectivity index is 1.48. The number of hydrogen-bond donors (Lipinski definition) is 2. The van der Waals surface area contributed by atoms with Crippen molar-refractivity contribution in [3.05, 3.63) is 54.1 Å². The number of aromatic nitrogens is 4. The van der Waals surface area contributed by atoms with Crippen LogP contribution < -0.4 is 5.32 Å². The normalized spacial score (nSPS) is 12.4. The van der Waals surface area contributed by atoms with Gasteiger partial charge in [-0.2, -0.15) is 0 Å². The van der Waals surface area contributed by atoms with Crippen LogP contribution in [0.5, 0.6) is 0 Å². The summed E-state index contributed by atoms with van der Waals surface area (Å²) >= 11 is 1.29. The highest BCUT2D eigenvalue weighted by Gasteiger charge is 2.18. The van der Waals surface area contributed by atoms with E-state index in [1.165, 1.54) is 17.3 Å². The van der Waals surface area contributed by atoms with Gasteiger partial charge in [-0.1, -0.05) is 49.0 Å². The Kier molecular flexibility index (Phi) is 4.77. The van der Waals surface area contributed by atoms with Crippen molar-refractivity contribution in [2.75, 3.05) is 5.32 Å². The van der Waals surface area contributed by atoms with Gasteiger partial charge in [0.15, 0.2) is 5.65 Å². The Morgan fingerprint density at radius 1 is 1.15 bits per heavy atom. The van der Waals surface area contributed by atoms with Crippen LogP contribution in [0.25, 0.3) is 22.1 Å². The molecule has 7 heteroatoms. The summed E-state index contributed by atoms with van der Waals surface area (Å²) in [5, 5.41) is 12.5. The maximum absolute atomic E-state index is 12.5. The van der Waals surface area contributed by atoms with Gasteiger partial charge in [-0.15, -0.1) is 10.2 Å². The molecule has 0 unspecified atom stereocenters. The molecule has 136 valence electrons. The maximum atomic E-state index is 12.5. The van der Waals surface area contributed by atoms with Gasteiger partial charge in [0.2, 0.25) is 11.1 Å². The third-order valence-electron chi connectivity index (χ3n) is 4.38. The average Bonchev–Trinajstić information content (AvgIpc) is 3.06. The number of aryl methyl sites for hydroxylation is 1. The van der Waals surface area contributed by atoms with E-state index >= 15 is 0 Å². The van der Waals surface area contributed by atoms with Crippen molar-refractivity contribution in [3.8, 4) is 0 Å². The van der Waals surface area contributed by atoms with E-state index < -0.39 is 0 Å². The molecule has 0 saturated heterocycles. The van der Waals surface area contributed by atoms with Gasteiger partial charge in [-0.25, -0.2) is 4.98 Å². The van der Waals surface area contributed by atoms with Crippen LogP contribution in [0.3, 0.4) is 0 Å². The molecule has 0 bridgehead atoms. The summed E-state index contributed by atoms with van der Waals surface area (Å²) in [5.41, 5.74) is 4.41. The smallest absolute Gasteiger partial charge is 0.237 e. The van der Waals surface area contributed by atoms with E-state index in [9.17, 15) is 4.79 Å². The van der Waals surface area contributed by atoms with Crippen LogP contribution in [-0.2, 0) is 11.2 Å². The molecule has 6 nitrogen and oxygen atoms in total. The molecule has 0 fully saturated rings. The van der Waals surface area contributed by atoms with Crippen LogP contribution in [-0.4, -0.2) is 31.3 Å². The first-order valence-electron chi connectivity index (χ1n) is 8.81. The first-order valence-corrected chi connectivity index (χ1v) is 9.69. The van der Waals surface area contributed by atoms with E-state index in [-0.39, 0.29) is 11.2 Å². The summed E-state index contributed by atoms with van der Waals surface area (Å²) in [4.78, 5) is 20.2. The minimum Gasteiger partial charge on any atom is -0.338 e. The third kappa shape index (κ3) is 3.64. The lowest BCUT2D eigenvalue weighted by atomic mass is 10.1. The number of hydrogen-bond acceptors (Lipinski definition) is 5. The standard InChI is InChI=1S/C20H19N5OS/c1-3-13-8-10-14(11-9-13)21-19(26)12(2)27-20-23-18-17(24-25-20)15-6-4-5-7-16(15)22-18/h4-12H,3H2,1-2H3,(H,21,26)(H,22,23,25)/t12-/m0/s1. The van der Waals surface area contributed by atoms with E-state index in [0.29, 0.717) is 10.8 Å². The van der Waals surface area contributed by atoms with Crippen LogP contribution in [0.2, 0.25) is 0 Å². The molecule has 27 heavy (non-hydrogen) atoms. The van der Waals surface area contributed by atoms with Gasteiger partial charge in [-0.05, 0) is 37.1 Å². The SMILES string of the molecule is CCc1ccc(NC(=O)[C@H](C)Sc2nnc3c(n2)[nH]c2ccccc23)cc1. The van der Waals surface area contributed by atoms with Crippen molar-refractivity contribution in [3.63, 3.8) is 0 Å². The number of H-pyrrole nitrogens is 1. The molecule has 1 amide bonds. The lowest BCUT2D eigenvalue weighted by Gasteiger charge is -2.11. The number of aromatic amines is 1. The highest BCUT2D eigenvalue weighted by Crippen LogP contribution is 2.25. The van der Waals surface area contributed by atoms with E-state index in [2.05, 4.69) is 32.4 Å². The second-order valence-electron chi connectivity index (χ2n) is 6.26. The highest BCUT2D eigenvalue weighted by molar-refractivity contribution is 8.00. The van der Waals surface area contributed by atoms with Crippen molar-refractivity contribution >= 4 is 45.4 Å². The second-order valence-corrected chi connectivity index (χ2v) is 7.57. The van der Waals surface area contributed by atoms with Gasteiger partial charge in [0.05, 0.1) is 5.25 Å². The summed E-state index contributed by atoms with van der Waals surface area (Å²) in [6.45, 7) is 3.93. The van der Waals surface area contributed by atoms with Gasteiger partial charge >= 0.3 is 0 Å². The van der Waals surface area contributed by atoms with E-state index in [0.717, 1.165) is 28.5 Å². The number of rotatable bonds is 5. The number of benzene rings is 2. The summed E-state index contributed by atoms with van der Waals surface area (Å²) in [6, 6.07) is 15.8. The number of thioether (sulfide) groups is 1. The molecular formula is C20H19N5OS. The number of para-hydroxylation sites is 1. The van der Waals surface area contributed by atoms with Gasteiger partial charge in [-0.3, -0.25) is 4.79 Å². The summed E-state index contributed by atoms with van der Waals surface area (Å²) in [7, 11) is 0. The molecule has 0 aliphatic rings. The summed E-state index contributed by atoms with van der Waals surface area (Å²) < 4.78 is 0. The first kappa shape index (κ1) is 17.5. The van der Waals surface area contributed by atoms with Crippen LogP contribution in [0.15, 0.2) is 53.7 Å². The Hall–Kier alpha value is -2.93. The first-order chi connectivity index (χ1) is 13.1. The number of amides is 1. The topological polar surface area (TPSA) is 83.6 Å². The average molecular weight is 377 g/mol. The molecular weight excluding hydrogens is 358 g/mol. The van der Waals surface area contributed by atoms with Crippen molar-refractivity contribution in [1.29, 1.82) is 0 Å². The maximum Gasteiger partial charge on any atom is 0.237 e. The highest BCUT2D eigenvalue weighted by atomic mass is 32.2. The molecule has 4 rings (SSSR count). The third-order valence-corrected chi connectivity index (χ3v) is 5.34. The van der Waals surface area contributed by atoms with Gasteiger partial charge in [0, 0.05) is 16.6 Å². The largest absolute Gasteiger partial charge is 0.338 e. The molecule has 2 aromatic heterocycles. The minimum absolute atomic E-state index is 0.0930. The van der Waals surface area contributed by atoms with Crippen LogP contribution in [0.1, 0.15) is 19.4 Å². The number of carbonyl (C=O) groups is 1. The zero-order valence-electron chi connectivity index (χ0n) is 15.1. The van der Waals surface area contributed by atoms with Crippen molar-refractivity contribution in [2.24, 2.45) is 0 Å². The Bertz CT molecular complexity index is 1110. The molecule has 2 aromatic carbocycles. The van der Waals surface area contributed by atoms with Crippen LogP contribution in [0.4, 0.5) is 5.69 Å². The quantitative estimate of drug-likeness (QED) is 0.510. The predicted molar refractivity (Wildman–Crippen MR) is 109 cm³/mol. The van der Waals surface area contributed by atoms with Gasteiger partial charge < -0.3 is 10.3 Å². The lowest BCUT2D eigenvalue weighted by Crippen LogP contribution is -2.22. The predicted octanol–water partition coefficient (Wildman–Crippen LogP) is 4.19. The number of nitrogens with zero attached hydrogens (tertiary/aromatic N) is 3. The number of carbonyl (C=O) groups excluding carboxylic acids is 1. The minimum atomic E-state index is -0.348. The fraction of sp³-hybridized carbons (Fsp3) is 0.200. The molecule has 0 spiro atoms. The molecule has 0 radical (unpaired) electrons. The van der Waals surface area contributed by atoms with E-state index in [1.54, 1.807) is 0 Å². The van der Waals surface area contributed by atoms with Gasteiger partial charge in [0.1, 0.15) is 5.52 Å². The summed E-state index contributed by atoms with van der Waals surface area (Å²) in [5.74, 6) is -0.0930. The zero-order chi connectivity index (χ0) is 18.8. The van der Waals surface area contributed by atoms with Crippen molar-refractivity contribution in [2.45, 2.75) is 30.7 Å². The Morgan fingerprint density at radius 2 is 1.93 bits per heavy atom. The van der Waals surface area contributed by atoms with Gasteiger partial charge in [0.25, 0.3) is 0 Å². The number of fused-ring (bicyclic) bond motifs is 3. The lowest BCUT2D eigenvalue weighted by molar-refractivity contribution is -0.115. The fourth-order valence-electron chi connectivity index (χ4n) is 2.84. The van der Waals surface area contributed by atoms with Crippen LogP contribution >= 0.6 is 11.8 Å². The monoisotopic (exact) mass is 377 g/mol. The molecule has 0 saturated carbocycles. The Morgan fingerprint density at radius 3 is 2.70 bits per heavy atom. The molecule has 0 aliphatic carbocycles. The summed E-state index contributed by atoms with van der Waals surface area (Å²) in [6.07, 6.45) is 0.973. The van der Waals surface area contributed by atoms with Crippen molar-refractivity contribution < 1.29 is 4.79 Å². The molecule has 1 atom stereocenters. The second kappa shape index (κ2) is 7.36. The molecule has 2 heterocycles. The Labute approximate surface area is 160 Å². The number of anilines is 1.